The van der Waals surface area contributed by atoms with Crippen molar-refractivity contribution in [3.63, 3.8) is 0 Å². The first-order chi connectivity index (χ1) is 13.2. The van der Waals surface area contributed by atoms with Crippen molar-refractivity contribution in [2.75, 3.05) is 26.2 Å². The van der Waals surface area contributed by atoms with E-state index < -0.39 is 11.1 Å². The molecule has 0 saturated carbocycles. The zero-order valence-corrected chi connectivity index (χ0v) is 16.7. The Bertz CT molecular complexity index is 787. The smallest absolute Gasteiger partial charge is 0.409 e. The highest BCUT2D eigenvalue weighted by molar-refractivity contribution is 5.96. The van der Waals surface area contributed by atoms with Gasteiger partial charge in [0.1, 0.15) is 10.9 Å². The predicted octanol–water partition coefficient (Wildman–Crippen LogP) is 2.78. The van der Waals surface area contributed by atoms with Crippen LogP contribution in [-0.2, 0) is 4.74 Å². The Morgan fingerprint density at radius 3 is 2.61 bits per heavy atom. The molecule has 2 fully saturated rings. The lowest BCUT2D eigenvalue weighted by Crippen LogP contribution is -2.41. The summed E-state index contributed by atoms with van der Waals surface area (Å²) in [5.41, 5.74) is 1.44. The van der Waals surface area contributed by atoms with Gasteiger partial charge in [0.25, 0.3) is 5.96 Å². The molecule has 3 rings (SSSR count). The lowest BCUT2D eigenvalue weighted by molar-refractivity contribution is -0.486. The second-order valence-corrected chi connectivity index (χ2v) is 7.97. The molecular weight excluding hydrogens is 364 g/mol. The van der Waals surface area contributed by atoms with Crippen LogP contribution >= 0.6 is 0 Å². The van der Waals surface area contributed by atoms with E-state index in [-0.39, 0.29) is 24.0 Å². The Balaban J connectivity index is 1.75. The SMILES string of the molecule is Cc1cccc(C)c1OC(=O)N1CCN(CC2COC(C)(C)C2)C1=N[N+](=O)[O-]. The second kappa shape index (κ2) is 7.75. The van der Waals surface area contributed by atoms with Crippen LogP contribution in [0.4, 0.5) is 4.79 Å². The maximum atomic E-state index is 12.7. The van der Waals surface area contributed by atoms with Gasteiger partial charge in [-0.25, -0.2) is 19.8 Å². The van der Waals surface area contributed by atoms with Gasteiger partial charge < -0.3 is 14.4 Å². The van der Waals surface area contributed by atoms with Crippen LogP contribution in [0.5, 0.6) is 5.75 Å². The number of benzene rings is 1. The van der Waals surface area contributed by atoms with Gasteiger partial charge in [0.05, 0.1) is 18.8 Å². The van der Waals surface area contributed by atoms with Gasteiger partial charge in [0, 0.05) is 19.0 Å². The summed E-state index contributed by atoms with van der Waals surface area (Å²) in [5, 5.41) is 13.8. The molecular formula is C19H26N4O5. The van der Waals surface area contributed by atoms with Gasteiger partial charge in [-0.3, -0.25) is 0 Å². The minimum atomic E-state index is -0.776. The topological polar surface area (TPSA) is 97.5 Å². The fraction of sp³-hybridized carbons (Fsp3) is 0.579. The molecule has 28 heavy (non-hydrogen) atoms. The number of hydrogen-bond acceptors (Lipinski definition) is 5. The van der Waals surface area contributed by atoms with E-state index >= 15 is 0 Å². The second-order valence-electron chi connectivity index (χ2n) is 7.97. The number of amides is 1. The van der Waals surface area contributed by atoms with E-state index in [1.165, 1.54) is 4.90 Å². The van der Waals surface area contributed by atoms with Crippen molar-refractivity contribution in [3.05, 3.63) is 39.4 Å². The summed E-state index contributed by atoms with van der Waals surface area (Å²) >= 11 is 0. The lowest BCUT2D eigenvalue weighted by atomic mass is 9.97. The molecule has 0 radical (unpaired) electrons. The molecule has 0 spiro atoms. The van der Waals surface area contributed by atoms with Crippen LogP contribution in [0.15, 0.2) is 23.3 Å². The number of carbonyl (C=O) groups excluding carboxylic acids is 1. The number of hydrazone groups is 1. The van der Waals surface area contributed by atoms with E-state index in [0.717, 1.165) is 17.5 Å². The van der Waals surface area contributed by atoms with Crippen molar-refractivity contribution in [2.24, 2.45) is 11.0 Å². The number of ether oxygens (including phenoxy) is 2. The zero-order valence-electron chi connectivity index (χ0n) is 16.7. The third kappa shape index (κ3) is 4.41. The average molecular weight is 390 g/mol. The fourth-order valence-electron chi connectivity index (χ4n) is 3.82. The molecule has 9 nitrogen and oxygen atoms in total. The summed E-state index contributed by atoms with van der Waals surface area (Å²) in [4.78, 5) is 26.8. The first-order valence-electron chi connectivity index (χ1n) is 9.34. The number of rotatable bonds is 4. The Kier molecular flexibility index (Phi) is 5.55. The van der Waals surface area contributed by atoms with Crippen LogP contribution in [0.2, 0.25) is 0 Å². The highest BCUT2D eigenvalue weighted by atomic mass is 16.7. The Morgan fingerprint density at radius 2 is 2.04 bits per heavy atom. The van der Waals surface area contributed by atoms with E-state index in [0.29, 0.717) is 25.4 Å². The summed E-state index contributed by atoms with van der Waals surface area (Å²) in [6.45, 7) is 9.62. The van der Waals surface area contributed by atoms with Crippen molar-refractivity contribution in [2.45, 2.75) is 39.7 Å². The Morgan fingerprint density at radius 1 is 1.36 bits per heavy atom. The zero-order chi connectivity index (χ0) is 20.5. The number of para-hydroxylation sites is 1. The predicted molar refractivity (Wildman–Crippen MR) is 103 cm³/mol. The molecule has 1 aromatic rings. The van der Waals surface area contributed by atoms with Crippen LogP contribution in [0.3, 0.4) is 0 Å². The molecule has 2 aliphatic rings. The minimum Gasteiger partial charge on any atom is -0.409 e. The molecule has 2 saturated heterocycles. The molecule has 1 amide bonds. The normalized spacial score (nSPS) is 22.7. The van der Waals surface area contributed by atoms with Gasteiger partial charge in [-0.1, -0.05) is 18.2 Å². The fourth-order valence-corrected chi connectivity index (χ4v) is 3.82. The molecule has 1 unspecified atom stereocenters. The first-order valence-corrected chi connectivity index (χ1v) is 9.34. The molecule has 0 aromatic heterocycles. The third-order valence-corrected chi connectivity index (χ3v) is 5.08. The number of carbonyl (C=O) groups is 1. The van der Waals surface area contributed by atoms with E-state index in [1.54, 1.807) is 4.90 Å². The van der Waals surface area contributed by atoms with Crippen molar-refractivity contribution in [1.29, 1.82) is 0 Å². The molecule has 152 valence electrons. The van der Waals surface area contributed by atoms with E-state index in [4.69, 9.17) is 9.47 Å². The van der Waals surface area contributed by atoms with Gasteiger partial charge in [0.2, 0.25) is 0 Å². The summed E-state index contributed by atoms with van der Waals surface area (Å²) in [5.74, 6) is 0.713. The number of aryl methyl sites for hydroxylation is 2. The lowest BCUT2D eigenvalue weighted by Gasteiger charge is -2.22. The summed E-state index contributed by atoms with van der Waals surface area (Å²) < 4.78 is 11.3. The molecule has 1 aromatic carbocycles. The average Bonchev–Trinajstić information content (AvgIpc) is 3.14. The molecule has 1 atom stereocenters. The Hall–Kier alpha value is -2.68. The van der Waals surface area contributed by atoms with Gasteiger partial charge in [-0.05, 0) is 45.2 Å². The molecule has 2 aliphatic heterocycles. The molecule has 0 aliphatic carbocycles. The quantitative estimate of drug-likeness (QED) is 0.579. The largest absolute Gasteiger partial charge is 0.422 e. The monoisotopic (exact) mass is 390 g/mol. The van der Waals surface area contributed by atoms with Crippen molar-refractivity contribution < 1.29 is 19.3 Å². The van der Waals surface area contributed by atoms with Gasteiger partial charge in [0.15, 0.2) is 5.03 Å². The van der Waals surface area contributed by atoms with Crippen molar-refractivity contribution in [1.82, 2.24) is 9.80 Å². The standard InChI is InChI=1S/C19H26N4O5/c1-13-6-5-7-14(2)16(13)28-18(24)22-9-8-21(17(22)20-23(25)26)11-15-10-19(3,4)27-12-15/h5-7,15H,8-12H2,1-4H3. The summed E-state index contributed by atoms with van der Waals surface area (Å²) in [6.07, 6.45) is 0.186. The van der Waals surface area contributed by atoms with Crippen LogP contribution < -0.4 is 4.74 Å². The minimum absolute atomic E-state index is 0.0194. The van der Waals surface area contributed by atoms with E-state index in [1.807, 2.05) is 45.9 Å². The van der Waals surface area contributed by atoms with Crippen LogP contribution in [0.25, 0.3) is 0 Å². The van der Waals surface area contributed by atoms with Gasteiger partial charge >= 0.3 is 6.09 Å². The van der Waals surface area contributed by atoms with Crippen LogP contribution in [-0.4, -0.2) is 58.7 Å². The molecule has 0 N–H and O–H groups in total. The van der Waals surface area contributed by atoms with Crippen molar-refractivity contribution >= 4 is 12.1 Å². The number of nitro groups is 1. The van der Waals surface area contributed by atoms with Crippen LogP contribution in [0.1, 0.15) is 31.4 Å². The highest BCUT2D eigenvalue weighted by Gasteiger charge is 2.39. The maximum absolute atomic E-state index is 12.7. The highest BCUT2D eigenvalue weighted by Crippen LogP contribution is 2.30. The van der Waals surface area contributed by atoms with E-state index in [2.05, 4.69) is 5.10 Å². The number of nitrogens with zero attached hydrogens (tertiary/aromatic N) is 4. The van der Waals surface area contributed by atoms with Crippen molar-refractivity contribution in [3.8, 4) is 5.75 Å². The van der Waals surface area contributed by atoms with Gasteiger partial charge in [-0.15, -0.1) is 0 Å². The summed E-state index contributed by atoms with van der Waals surface area (Å²) in [7, 11) is 0. The molecule has 0 bridgehead atoms. The third-order valence-electron chi connectivity index (χ3n) is 5.08. The Labute approximate surface area is 164 Å². The number of hydrogen-bond donors (Lipinski definition) is 0. The van der Waals surface area contributed by atoms with Crippen LogP contribution in [0, 0.1) is 29.9 Å². The first kappa shape index (κ1) is 20.1. The molecule has 2 heterocycles. The number of guanidine groups is 1. The van der Waals surface area contributed by atoms with Gasteiger partial charge in [-0.2, -0.15) is 0 Å². The van der Waals surface area contributed by atoms with E-state index in [9.17, 15) is 14.9 Å². The maximum Gasteiger partial charge on any atom is 0.422 e. The molecule has 9 heteroatoms. The summed E-state index contributed by atoms with van der Waals surface area (Å²) in [6, 6.07) is 5.57.